The van der Waals surface area contributed by atoms with Crippen LogP contribution >= 0.6 is 12.2 Å². The van der Waals surface area contributed by atoms with E-state index in [-0.39, 0.29) is 20.9 Å². The minimum Gasteiger partial charge on any atom is -0.455 e. The summed E-state index contributed by atoms with van der Waals surface area (Å²) < 4.78 is 27.9. The van der Waals surface area contributed by atoms with Crippen molar-refractivity contribution in [1.29, 1.82) is 0 Å². The molecular formula is C26H45N5O5SSi2. The molecule has 2 aromatic rings. The predicted octanol–water partition coefficient (Wildman–Crippen LogP) is 4.89. The van der Waals surface area contributed by atoms with Gasteiger partial charge in [-0.1, -0.05) is 53.8 Å². The molecule has 0 radical (unpaired) electrons. The Morgan fingerprint density at radius 3 is 2.18 bits per heavy atom. The summed E-state index contributed by atoms with van der Waals surface area (Å²) in [6.45, 7) is 23.5. The van der Waals surface area contributed by atoms with Gasteiger partial charge in [-0.25, -0.2) is 9.97 Å². The van der Waals surface area contributed by atoms with Crippen molar-refractivity contribution in [3.63, 3.8) is 0 Å². The summed E-state index contributed by atoms with van der Waals surface area (Å²) in [6.07, 6.45) is 0.462. The van der Waals surface area contributed by atoms with E-state index in [9.17, 15) is 4.79 Å². The Morgan fingerprint density at radius 1 is 1.08 bits per heavy atom. The van der Waals surface area contributed by atoms with Gasteiger partial charge in [0.1, 0.15) is 35.0 Å². The molecule has 10 nitrogen and oxygen atoms in total. The number of aromatic nitrogens is 3. The topological polar surface area (TPSA) is 137 Å². The maximum Gasteiger partial charge on any atom is 0.303 e. The first kappa shape index (κ1) is 31.6. The van der Waals surface area contributed by atoms with E-state index >= 15 is 0 Å². The lowest BCUT2D eigenvalue weighted by molar-refractivity contribution is -0.155. The number of nitrogen functional groups attached to an aromatic ring is 1. The summed E-state index contributed by atoms with van der Waals surface area (Å²) in [5, 5.41) is 0.447. The van der Waals surface area contributed by atoms with Gasteiger partial charge in [0.05, 0.1) is 12.0 Å². The van der Waals surface area contributed by atoms with Crippen molar-refractivity contribution < 1.29 is 23.1 Å². The molecule has 39 heavy (non-hydrogen) atoms. The number of anilines is 1. The van der Waals surface area contributed by atoms with Crippen LogP contribution in [0.4, 0.5) is 5.82 Å². The fraction of sp³-hybridized carbons (Fsp3) is 0.692. The molecule has 13 heteroatoms. The van der Waals surface area contributed by atoms with E-state index in [1.165, 1.54) is 13.3 Å². The number of rotatable bonds is 8. The Morgan fingerprint density at radius 2 is 1.67 bits per heavy atom. The summed E-state index contributed by atoms with van der Waals surface area (Å²) in [5.41, 5.74) is 13.2. The molecule has 4 atom stereocenters. The van der Waals surface area contributed by atoms with Crippen molar-refractivity contribution in [3.05, 3.63) is 18.1 Å². The van der Waals surface area contributed by atoms with Crippen LogP contribution in [0.3, 0.4) is 0 Å². The highest BCUT2D eigenvalue weighted by Crippen LogP contribution is 2.44. The second kappa shape index (κ2) is 10.8. The van der Waals surface area contributed by atoms with Crippen molar-refractivity contribution in [1.82, 2.24) is 14.5 Å². The second-order valence-corrected chi connectivity index (χ2v) is 23.3. The summed E-state index contributed by atoms with van der Waals surface area (Å²) in [7, 11) is -4.46. The van der Waals surface area contributed by atoms with E-state index < -0.39 is 47.1 Å². The summed E-state index contributed by atoms with van der Waals surface area (Å²) in [6, 6.07) is 0. The van der Waals surface area contributed by atoms with Crippen LogP contribution in [-0.2, 0) is 23.1 Å². The van der Waals surface area contributed by atoms with Crippen molar-refractivity contribution in [2.45, 2.75) is 109 Å². The van der Waals surface area contributed by atoms with Gasteiger partial charge in [0.15, 0.2) is 29.0 Å². The van der Waals surface area contributed by atoms with Crippen LogP contribution in [0, 0.1) is 0 Å². The highest BCUT2D eigenvalue weighted by Gasteiger charge is 2.53. The zero-order chi connectivity index (χ0) is 29.7. The quantitative estimate of drug-likeness (QED) is 0.247. The number of esters is 1. The highest BCUT2D eigenvalue weighted by atomic mass is 32.1. The third-order valence-corrected chi connectivity index (χ3v) is 17.6. The van der Waals surface area contributed by atoms with Gasteiger partial charge in [-0.2, -0.15) is 0 Å². The van der Waals surface area contributed by atoms with E-state index in [2.05, 4.69) is 77.7 Å². The Balaban J connectivity index is 2.15. The first-order valence-electron chi connectivity index (χ1n) is 13.2. The van der Waals surface area contributed by atoms with Crippen LogP contribution < -0.4 is 11.5 Å². The van der Waals surface area contributed by atoms with Crippen molar-refractivity contribution >= 4 is 56.7 Å². The SMILES string of the molecule is CC(=O)O[C@H]1[C@H](O[Si](C)(C)C(C)(C)C)[C@@H](CO[Si](C)(C)C(C)(C)C)O[C@H]1n1cc(C(N)=S)c2c(N)ncnc21. The second-order valence-electron chi connectivity index (χ2n) is 13.3. The van der Waals surface area contributed by atoms with Crippen LogP contribution in [0.25, 0.3) is 11.0 Å². The first-order chi connectivity index (χ1) is 17.7. The Bertz CT molecular complexity index is 1240. The fourth-order valence-corrected chi connectivity index (χ4v) is 6.53. The molecule has 1 saturated heterocycles. The van der Waals surface area contributed by atoms with E-state index in [4.69, 9.17) is 42.0 Å². The molecule has 1 aliphatic heterocycles. The third-order valence-electron chi connectivity index (χ3n) is 8.42. The number of hydrogen-bond donors (Lipinski definition) is 2. The van der Waals surface area contributed by atoms with Crippen LogP contribution in [0.1, 0.15) is 60.3 Å². The van der Waals surface area contributed by atoms with Crippen LogP contribution in [0.2, 0.25) is 36.3 Å². The molecule has 0 amide bonds. The molecule has 2 aromatic heterocycles. The van der Waals surface area contributed by atoms with Gasteiger partial charge in [-0.05, 0) is 36.3 Å². The minimum absolute atomic E-state index is 0.00682. The molecule has 1 fully saturated rings. The van der Waals surface area contributed by atoms with Crippen molar-refractivity contribution in [3.8, 4) is 0 Å². The van der Waals surface area contributed by atoms with Crippen LogP contribution in [0.15, 0.2) is 12.5 Å². The molecule has 0 unspecified atom stereocenters. The van der Waals surface area contributed by atoms with Crippen molar-refractivity contribution in [2.75, 3.05) is 12.3 Å². The van der Waals surface area contributed by atoms with E-state index in [1.54, 1.807) is 10.8 Å². The molecule has 0 aromatic carbocycles. The maximum absolute atomic E-state index is 12.4. The molecule has 0 aliphatic carbocycles. The summed E-state index contributed by atoms with van der Waals surface area (Å²) >= 11 is 5.31. The number of fused-ring (bicyclic) bond motifs is 1. The molecule has 0 saturated carbocycles. The number of carbonyl (C=O) groups is 1. The summed E-state index contributed by atoms with van der Waals surface area (Å²) in [5.74, 6) is -0.195. The molecule has 0 spiro atoms. The molecular weight excluding hydrogens is 551 g/mol. The monoisotopic (exact) mass is 595 g/mol. The number of nitrogens with two attached hydrogens (primary N) is 2. The van der Waals surface area contributed by atoms with Gasteiger partial charge in [0.25, 0.3) is 0 Å². The van der Waals surface area contributed by atoms with E-state index in [0.29, 0.717) is 23.2 Å². The van der Waals surface area contributed by atoms with E-state index in [1.807, 2.05) is 0 Å². The fourth-order valence-electron chi connectivity index (χ4n) is 4.04. The maximum atomic E-state index is 12.4. The molecule has 218 valence electrons. The number of carbonyl (C=O) groups excluding carboxylic acids is 1. The number of ether oxygens (including phenoxy) is 2. The van der Waals surface area contributed by atoms with Gasteiger partial charge in [0.2, 0.25) is 0 Å². The molecule has 3 heterocycles. The lowest BCUT2D eigenvalue weighted by Gasteiger charge is -2.41. The van der Waals surface area contributed by atoms with Gasteiger partial charge < -0.3 is 34.4 Å². The average Bonchev–Trinajstić information content (AvgIpc) is 3.30. The summed E-state index contributed by atoms with van der Waals surface area (Å²) in [4.78, 5) is 21.2. The number of thiocarbonyl (C=S) groups is 1. The number of hydrogen-bond acceptors (Lipinski definition) is 9. The van der Waals surface area contributed by atoms with Gasteiger partial charge in [-0.3, -0.25) is 4.79 Å². The van der Waals surface area contributed by atoms with Crippen LogP contribution in [0.5, 0.6) is 0 Å². The Labute approximate surface area is 239 Å². The van der Waals surface area contributed by atoms with Gasteiger partial charge >= 0.3 is 5.97 Å². The lowest BCUT2D eigenvalue weighted by atomic mass is 10.1. The largest absolute Gasteiger partial charge is 0.455 e. The highest BCUT2D eigenvalue weighted by molar-refractivity contribution is 7.80. The first-order valence-corrected chi connectivity index (χ1v) is 19.5. The number of nitrogens with zero attached hydrogens (tertiary/aromatic N) is 3. The van der Waals surface area contributed by atoms with Crippen LogP contribution in [-0.4, -0.2) is 67.0 Å². The molecule has 1 aliphatic rings. The molecule has 3 rings (SSSR count). The molecule has 4 N–H and O–H groups in total. The smallest absolute Gasteiger partial charge is 0.303 e. The lowest BCUT2D eigenvalue weighted by Crippen LogP contribution is -2.51. The third kappa shape index (κ3) is 6.38. The Kier molecular flexibility index (Phi) is 8.77. The zero-order valence-electron chi connectivity index (χ0n) is 25.1. The van der Waals surface area contributed by atoms with Crippen molar-refractivity contribution in [2.24, 2.45) is 5.73 Å². The van der Waals surface area contributed by atoms with Gasteiger partial charge in [-0.15, -0.1) is 0 Å². The predicted molar refractivity (Wildman–Crippen MR) is 163 cm³/mol. The van der Waals surface area contributed by atoms with Gasteiger partial charge in [0, 0.05) is 18.7 Å². The normalized spacial score (nSPS) is 22.8. The van der Waals surface area contributed by atoms with E-state index in [0.717, 1.165) is 0 Å². The minimum atomic E-state index is -2.33. The zero-order valence-corrected chi connectivity index (χ0v) is 27.9. The standard InChI is InChI=1S/C26H45N5O5SSi2/c1-15(32)34-20-19(36-39(10,11)26(5,6)7)17(13-33-38(8,9)25(2,3)4)35-24(20)31-12-16(22(28)37)18-21(27)29-14-30-23(18)31/h12,14,17,19-20,24H,13H2,1-11H3,(H2,28,37)(H2,27,29,30)/t17-,19-,20+,24-/m1/s1. The molecule has 0 bridgehead atoms. The Hall–Kier alpha value is -1.91. The average molecular weight is 596 g/mol.